The van der Waals surface area contributed by atoms with Gasteiger partial charge in [0.25, 0.3) is 0 Å². The van der Waals surface area contributed by atoms with Crippen LogP contribution < -0.4 is 0 Å². The Balaban J connectivity index is 3.40. The van der Waals surface area contributed by atoms with Gasteiger partial charge in [0.2, 0.25) is 0 Å². The van der Waals surface area contributed by atoms with E-state index in [1.807, 2.05) is 0 Å². The summed E-state index contributed by atoms with van der Waals surface area (Å²) in [6.45, 7) is 5.28. The van der Waals surface area contributed by atoms with E-state index in [0.29, 0.717) is 6.61 Å². The van der Waals surface area contributed by atoms with Gasteiger partial charge in [-0.15, -0.1) is 6.58 Å². The van der Waals surface area contributed by atoms with Crippen LogP contribution in [0.4, 0.5) is 0 Å². The van der Waals surface area contributed by atoms with Crippen LogP contribution >= 0.6 is 0 Å². The molecule has 10 heavy (non-hydrogen) atoms. The third kappa shape index (κ3) is 3.61. The Morgan fingerprint density at radius 3 is 2.70 bits per heavy atom. The first kappa shape index (κ1) is 9.62. The molecule has 2 atom stereocenters. The van der Waals surface area contributed by atoms with E-state index >= 15 is 0 Å². The van der Waals surface area contributed by atoms with Crippen LogP contribution in [0, 0.1) is 0 Å². The van der Waals surface area contributed by atoms with Crippen LogP contribution in [0.5, 0.6) is 0 Å². The highest BCUT2D eigenvalue weighted by molar-refractivity contribution is 4.68. The number of rotatable bonds is 5. The zero-order chi connectivity index (χ0) is 7.98. The minimum absolute atomic E-state index is 0.266. The fraction of sp³-hybridized carbons (Fsp3) is 0.714. The summed E-state index contributed by atoms with van der Waals surface area (Å²) in [5, 5.41) is 17.4. The van der Waals surface area contributed by atoms with E-state index < -0.39 is 6.10 Å². The molecule has 0 aromatic rings. The van der Waals surface area contributed by atoms with Crippen LogP contribution in [0.25, 0.3) is 0 Å². The van der Waals surface area contributed by atoms with Crippen molar-refractivity contribution >= 4 is 0 Å². The maximum Gasteiger partial charge on any atom is 0.103 e. The van der Waals surface area contributed by atoms with Crippen molar-refractivity contribution < 1.29 is 14.9 Å². The van der Waals surface area contributed by atoms with Gasteiger partial charge < -0.3 is 14.9 Å². The fourth-order valence-corrected chi connectivity index (χ4v) is 0.479. The lowest BCUT2D eigenvalue weighted by molar-refractivity contribution is -0.0392. The first-order valence-corrected chi connectivity index (χ1v) is 3.23. The normalized spacial score (nSPS) is 16.3. The summed E-state index contributed by atoms with van der Waals surface area (Å²) in [7, 11) is 0. The molecule has 0 fully saturated rings. The number of ether oxygens (including phenoxy) is 1. The van der Waals surface area contributed by atoms with Crippen molar-refractivity contribution in [3.63, 3.8) is 0 Å². The number of hydrogen-bond donors (Lipinski definition) is 2. The zero-order valence-corrected chi connectivity index (χ0v) is 6.16. The van der Waals surface area contributed by atoms with E-state index in [-0.39, 0.29) is 12.7 Å². The summed E-state index contributed by atoms with van der Waals surface area (Å²) in [6.07, 6.45) is 0.476. The molecule has 0 radical (unpaired) electrons. The van der Waals surface area contributed by atoms with Crippen molar-refractivity contribution in [2.75, 3.05) is 13.2 Å². The van der Waals surface area contributed by atoms with Gasteiger partial charge >= 0.3 is 0 Å². The monoisotopic (exact) mass is 146 g/mol. The number of aliphatic hydroxyl groups excluding tert-OH is 2. The summed E-state index contributed by atoms with van der Waals surface area (Å²) in [6, 6.07) is 0. The van der Waals surface area contributed by atoms with Gasteiger partial charge in [0.1, 0.15) is 6.10 Å². The molecule has 0 aliphatic heterocycles. The lowest BCUT2D eigenvalue weighted by Gasteiger charge is -2.15. The van der Waals surface area contributed by atoms with Crippen molar-refractivity contribution in [1.82, 2.24) is 0 Å². The molecule has 0 heterocycles. The SMILES string of the molecule is C=CCO[C@@H](C)[C@H](O)CO. The maximum absolute atomic E-state index is 8.94. The maximum atomic E-state index is 8.94. The highest BCUT2D eigenvalue weighted by Gasteiger charge is 2.11. The topological polar surface area (TPSA) is 49.7 Å². The van der Waals surface area contributed by atoms with Crippen LogP contribution in [-0.2, 0) is 4.74 Å². The Hall–Kier alpha value is -0.380. The molecule has 0 amide bonds. The fourth-order valence-electron chi connectivity index (χ4n) is 0.479. The second-order valence-corrected chi connectivity index (χ2v) is 2.08. The van der Waals surface area contributed by atoms with Gasteiger partial charge in [-0.3, -0.25) is 0 Å². The van der Waals surface area contributed by atoms with E-state index in [1.165, 1.54) is 0 Å². The Labute approximate surface area is 60.9 Å². The zero-order valence-electron chi connectivity index (χ0n) is 6.16. The second-order valence-electron chi connectivity index (χ2n) is 2.08. The molecular formula is C7H14O3. The van der Waals surface area contributed by atoms with Gasteiger partial charge in [-0.25, -0.2) is 0 Å². The lowest BCUT2D eigenvalue weighted by Crippen LogP contribution is -2.29. The number of hydrogen-bond acceptors (Lipinski definition) is 3. The summed E-state index contributed by atoms with van der Waals surface area (Å²) < 4.78 is 5.02. The standard InChI is InChI=1S/C7H14O3/c1-3-4-10-6(2)7(9)5-8/h3,6-9H,1,4-5H2,2H3/t6-,7+/m0/s1. The second kappa shape index (κ2) is 5.41. The molecule has 0 unspecified atom stereocenters. The molecule has 0 rings (SSSR count). The predicted octanol–water partition coefficient (Wildman–Crippen LogP) is -0.0693. The average molecular weight is 146 g/mol. The molecule has 3 heteroatoms. The Bertz CT molecular complexity index is 92.9. The van der Waals surface area contributed by atoms with Crippen molar-refractivity contribution in [3.8, 4) is 0 Å². The molecular weight excluding hydrogens is 132 g/mol. The van der Waals surface area contributed by atoms with Crippen molar-refractivity contribution in [2.45, 2.75) is 19.1 Å². The largest absolute Gasteiger partial charge is 0.394 e. The van der Waals surface area contributed by atoms with Gasteiger partial charge in [-0.2, -0.15) is 0 Å². The van der Waals surface area contributed by atoms with E-state index in [0.717, 1.165) is 0 Å². The Kier molecular flexibility index (Phi) is 5.20. The van der Waals surface area contributed by atoms with Crippen LogP contribution in [0.1, 0.15) is 6.92 Å². The quantitative estimate of drug-likeness (QED) is 0.534. The third-order valence-corrected chi connectivity index (χ3v) is 1.21. The summed E-state index contributed by atoms with van der Waals surface area (Å²) in [4.78, 5) is 0. The molecule has 0 saturated heterocycles. The molecule has 0 aliphatic rings. The van der Waals surface area contributed by atoms with Crippen molar-refractivity contribution in [1.29, 1.82) is 0 Å². The molecule has 3 nitrogen and oxygen atoms in total. The van der Waals surface area contributed by atoms with Crippen molar-refractivity contribution in [2.24, 2.45) is 0 Å². The first-order chi connectivity index (χ1) is 4.72. The van der Waals surface area contributed by atoms with E-state index in [1.54, 1.807) is 13.0 Å². The van der Waals surface area contributed by atoms with Gasteiger partial charge in [0.15, 0.2) is 0 Å². The Morgan fingerprint density at radius 1 is 1.70 bits per heavy atom. The molecule has 0 aliphatic carbocycles. The highest BCUT2D eigenvalue weighted by atomic mass is 16.5. The molecule has 0 aromatic heterocycles. The number of aliphatic hydroxyl groups is 2. The van der Waals surface area contributed by atoms with E-state index in [4.69, 9.17) is 14.9 Å². The van der Waals surface area contributed by atoms with Gasteiger partial charge in [-0.1, -0.05) is 6.08 Å². The molecule has 0 aromatic carbocycles. The molecule has 2 N–H and O–H groups in total. The summed E-state index contributed by atoms with van der Waals surface area (Å²) in [5.74, 6) is 0. The van der Waals surface area contributed by atoms with Crippen LogP contribution in [0.15, 0.2) is 12.7 Å². The lowest BCUT2D eigenvalue weighted by atomic mass is 10.2. The van der Waals surface area contributed by atoms with Crippen molar-refractivity contribution in [3.05, 3.63) is 12.7 Å². The highest BCUT2D eigenvalue weighted by Crippen LogP contribution is 1.96. The smallest absolute Gasteiger partial charge is 0.103 e. The van der Waals surface area contributed by atoms with Gasteiger partial charge in [-0.05, 0) is 6.92 Å². The minimum atomic E-state index is -0.792. The molecule has 0 saturated carbocycles. The molecule has 0 spiro atoms. The minimum Gasteiger partial charge on any atom is -0.394 e. The molecule has 60 valence electrons. The summed E-state index contributed by atoms with van der Waals surface area (Å²) >= 11 is 0. The van der Waals surface area contributed by atoms with E-state index in [9.17, 15) is 0 Å². The van der Waals surface area contributed by atoms with Crippen LogP contribution in [0.2, 0.25) is 0 Å². The Morgan fingerprint density at radius 2 is 2.30 bits per heavy atom. The van der Waals surface area contributed by atoms with Crippen LogP contribution in [-0.4, -0.2) is 35.6 Å². The summed E-state index contributed by atoms with van der Waals surface area (Å²) in [5.41, 5.74) is 0. The predicted molar refractivity (Wildman–Crippen MR) is 38.7 cm³/mol. The molecule has 0 bridgehead atoms. The van der Waals surface area contributed by atoms with Gasteiger partial charge in [0, 0.05) is 0 Å². The van der Waals surface area contributed by atoms with Gasteiger partial charge in [0.05, 0.1) is 19.3 Å². The first-order valence-electron chi connectivity index (χ1n) is 3.23. The third-order valence-electron chi connectivity index (χ3n) is 1.21. The van der Waals surface area contributed by atoms with Crippen LogP contribution in [0.3, 0.4) is 0 Å². The van der Waals surface area contributed by atoms with E-state index in [2.05, 4.69) is 6.58 Å². The average Bonchev–Trinajstić information content (AvgIpc) is 1.98.